The molecule has 0 aliphatic carbocycles. The number of amides is 1. The van der Waals surface area contributed by atoms with Gasteiger partial charge in [0.15, 0.2) is 0 Å². The highest BCUT2D eigenvalue weighted by Crippen LogP contribution is 2.30. The molecule has 0 saturated heterocycles. The molecule has 2 aromatic carbocycles. The van der Waals surface area contributed by atoms with Crippen LogP contribution in [0.4, 0.5) is 14.5 Å². The lowest BCUT2D eigenvalue weighted by Crippen LogP contribution is -2.14. The van der Waals surface area contributed by atoms with Crippen LogP contribution in [0.5, 0.6) is 0 Å². The van der Waals surface area contributed by atoms with Crippen LogP contribution in [0.25, 0.3) is 11.1 Å². The average Bonchev–Trinajstić information content (AvgIpc) is 3.08. The fraction of sp³-hybridized carbons (Fsp3) is 0.111. The minimum absolute atomic E-state index is 0.137. The Morgan fingerprint density at radius 3 is 2.54 bits per heavy atom. The van der Waals surface area contributed by atoms with E-state index in [1.807, 2.05) is 46.9 Å². The summed E-state index contributed by atoms with van der Waals surface area (Å²) in [6.07, 6.45) is -1.50. The number of nitrogens with one attached hydrogen (secondary N) is 1. The number of anilines is 1. The van der Waals surface area contributed by atoms with Gasteiger partial charge in [0.2, 0.25) is 0 Å². The van der Waals surface area contributed by atoms with Gasteiger partial charge in [-0.15, -0.1) is 0 Å². The molecular weight excluding hydrogens is 475 g/mol. The fourth-order valence-corrected chi connectivity index (χ4v) is 2.97. The summed E-state index contributed by atoms with van der Waals surface area (Å²) in [5.41, 5.74) is 1.47. The van der Waals surface area contributed by atoms with Gasteiger partial charge in [-0.1, -0.05) is 64.5 Å². The van der Waals surface area contributed by atoms with Crippen LogP contribution < -0.4 is 5.32 Å². The summed E-state index contributed by atoms with van der Waals surface area (Å²) in [4.78, 5) is 12.6. The standard InChI is InChI=1S/C18H13ClF2IN3O/c19-12-7-5-11(6-8-12)13-3-1-2-4-15(13)23-18(26)14-9-25(10-22)24-16(14)17(20)21/h1-9,17H,10H2,(H,23,26). The Morgan fingerprint density at radius 1 is 1.19 bits per heavy atom. The average molecular weight is 488 g/mol. The molecular formula is C18H13ClF2IN3O. The zero-order valence-electron chi connectivity index (χ0n) is 13.3. The highest BCUT2D eigenvalue weighted by atomic mass is 127. The SMILES string of the molecule is O=C(Nc1ccccc1-c1ccc(Cl)cc1)c1cn(CI)nc1C(F)F. The summed E-state index contributed by atoms with van der Waals surface area (Å²) in [7, 11) is 0. The van der Waals surface area contributed by atoms with Crippen LogP contribution in [-0.2, 0) is 4.55 Å². The van der Waals surface area contributed by atoms with E-state index in [-0.39, 0.29) is 5.56 Å². The van der Waals surface area contributed by atoms with Gasteiger partial charge in [-0.2, -0.15) is 5.10 Å². The molecule has 3 rings (SSSR count). The van der Waals surface area contributed by atoms with Gasteiger partial charge in [0.05, 0.1) is 10.1 Å². The molecule has 1 amide bonds. The van der Waals surface area contributed by atoms with E-state index in [2.05, 4.69) is 10.4 Å². The van der Waals surface area contributed by atoms with Gasteiger partial charge in [-0.3, -0.25) is 9.48 Å². The Bertz CT molecular complexity index is 928. The molecule has 8 heteroatoms. The molecule has 0 fully saturated rings. The van der Waals surface area contributed by atoms with Crippen LogP contribution in [0.2, 0.25) is 5.02 Å². The number of benzene rings is 2. The van der Waals surface area contributed by atoms with E-state index in [1.54, 1.807) is 24.3 Å². The zero-order chi connectivity index (χ0) is 18.7. The third-order valence-corrected chi connectivity index (χ3v) is 4.65. The number of aromatic nitrogens is 2. The van der Waals surface area contributed by atoms with Crippen LogP contribution in [0.1, 0.15) is 22.5 Å². The van der Waals surface area contributed by atoms with Gasteiger partial charge in [0, 0.05) is 22.5 Å². The molecule has 0 saturated carbocycles. The second kappa shape index (κ2) is 8.13. The van der Waals surface area contributed by atoms with E-state index >= 15 is 0 Å². The number of hydrogen-bond acceptors (Lipinski definition) is 2. The molecule has 0 radical (unpaired) electrons. The van der Waals surface area contributed by atoms with E-state index in [9.17, 15) is 13.6 Å². The third kappa shape index (κ3) is 4.04. The number of hydrogen-bond donors (Lipinski definition) is 1. The number of para-hydroxylation sites is 1. The summed E-state index contributed by atoms with van der Waals surface area (Å²) >= 11 is 7.90. The monoisotopic (exact) mass is 487 g/mol. The number of nitrogens with zero attached hydrogens (tertiary/aromatic N) is 2. The molecule has 0 spiro atoms. The van der Waals surface area contributed by atoms with Crippen LogP contribution in [0.3, 0.4) is 0 Å². The van der Waals surface area contributed by atoms with Crippen LogP contribution in [0.15, 0.2) is 54.7 Å². The first-order valence-corrected chi connectivity index (χ1v) is 9.47. The minimum atomic E-state index is -2.83. The Hall–Kier alpha value is -2.00. The Kier molecular flexibility index (Phi) is 5.87. The quantitative estimate of drug-likeness (QED) is 0.366. The summed E-state index contributed by atoms with van der Waals surface area (Å²) in [6.45, 7) is 0. The predicted octanol–water partition coefficient (Wildman–Crippen LogP) is 5.79. The highest BCUT2D eigenvalue weighted by Gasteiger charge is 2.23. The molecule has 1 N–H and O–H groups in total. The van der Waals surface area contributed by atoms with Crippen molar-refractivity contribution in [1.29, 1.82) is 0 Å². The van der Waals surface area contributed by atoms with Gasteiger partial charge in [0.1, 0.15) is 5.69 Å². The van der Waals surface area contributed by atoms with Crippen molar-refractivity contribution in [2.45, 2.75) is 11.0 Å². The second-order valence-corrected chi connectivity index (χ2v) is 6.51. The maximum Gasteiger partial charge on any atom is 0.282 e. The molecule has 1 aromatic heterocycles. The largest absolute Gasteiger partial charge is 0.321 e. The van der Waals surface area contributed by atoms with Gasteiger partial charge < -0.3 is 5.32 Å². The van der Waals surface area contributed by atoms with Crippen molar-refractivity contribution in [2.24, 2.45) is 0 Å². The van der Waals surface area contributed by atoms with Crippen molar-refractivity contribution in [1.82, 2.24) is 9.78 Å². The van der Waals surface area contributed by atoms with Crippen LogP contribution in [0, 0.1) is 0 Å². The second-order valence-electron chi connectivity index (χ2n) is 5.39. The first-order valence-electron chi connectivity index (χ1n) is 7.57. The number of halogens is 4. The van der Waals surface area contributed by atoms with Gasteiger partial charge in [-0.05, 0) is 23.8 Å². The zero-order valence-corrected chi connectivity index (χ0v) is 16.2. The molecule has 0 aliphatic rings. The Labute approximate surface area is 167 Å². The van der Waals surface area contributed by atoms with Crippen molar-refractivity contribution in [3.05, 3.63) is 71.0 Å². The van der Waals surface area contributed by atoms with Gasteiger partial charge >= 0.3 is 0 Å². The van der Waals surface area contributed by atoms with E-state index in [0.717, 1.165) is 11.1 Å². The lowest BCUT2D eigenvalue weighted by Gasteiger charge is -2.11. The third-order valence-electron chi connectivity index (χ3n) is 3.69. The molecule has 0 atom stereocenters. The van der Waals surface area contributed by atoms with Crippen molar-refractivity contribution in [3.8, 4) is 11.1 Å². The predicted molar refractivity (Wildman–Crippen MR) is 106 cm³/mol. The molecule has 26 heavy (non-hydrogen) atoms. The smallest absolute Gasteiger partial charge is 0.282 e. The molecule has 0 aliphatic heterocycles. The summed E-state index contributed by atoms with van der Waals surface area (Å²) in [5, 5.41) is 7.08. The minimum Gasteiger partial charge on any atom is -0.321 e. The summed E-state index contributed by atoms with van der Waals surface area (Å²) < 4.78 is 28.1. The molecule has 0 bridgehead atoms. The normalized spacial score (nSPS) is 11.0. The summed E-state index contributed by atoms with van der Waals surface area (Å²) in [6, 6.07) is 14.3. The first kappa shape index (κ1) is 18.8. The van der Waals surface area contributed by atoms with Crippen molar-refractivity contribution >= 4 is 45.8 Å². The number of carbonyl (C=O) groups is 1. The molecule has 134 valence electrons. The van der Waals surface area contributed by atoms with E-state index in [0.29, 0.717) is 15.3 Å². The Balaban J connectivity index is 1.94. The molecule has 0 unspecified atom stereocenters. The summed E-state index contributed by atoms with van der Waals surface area (Å²) in [5.74, 6) is -0.627. The number of alkyl halides is 3. The Morgan fingerprint density at radius 2 is 1.88 bits per heavy atom. The maximum atomic E-state index is 13.2. The topological polar surface area (TPSA) is 46.9 Å². The lowest BCUT2D eigenvalue weighted by atomic mass is 10.0. The molecule has 1 heterocycles. The lowest BCUT2D eigenvalue weighted by molar-refractivity contribution is 0.101. The molecule has 3 aromatic rings. The van der Waals surface area contributed by atoms with Crippen molar-refractivity contribution in [2.75, 3.05) is 5.32 Å². The first-order chi connectivity index (χ1) is 12.5. The maximum absolute atomic E-state index is 13.2. The fourth-order valence-electron chi connectivity index (χ4n) is 2.50. The van der Waals surface area contributed by atoms with Gasteiger partial charge in [0.25, 0.3) is 12.3 Å². The van der Waals surface area contributed by atoms with E-state index < -0.39 is 18.0 Å². The van der Waals surface area contributed by atoms with Gasteiger partial charge in [-0.25, -0.2) is 8.78 Å². The molecule has 4 nitrogen and oxygen atoms in total. The highest BCUT2D eigenvalue weighted by molar-refractivity contribution is 14.1. The van der Waals surface area contributed by atoms with Crippen molar-refractivity contribution < 1.29 is 13.6 Å². The van der Waals surface area contributed by atoms with Crippen LogP contribution in [-0.4, -0.2) is 15.7 Å². The van der Waals surface area contributed by atoms with E-state index in [4.69, 9.17) is 11.6 Å². The van der Waals surface area contributed by atoms with Crippen LogP contribution >= 0.6 is 34.2 Å². The number of carbonyl (C=O) groups excluding carboxylic acids is 1. The van der Waals surface area contributed by atoms with E-state index in [1.165, 1.54) is 10.9 Å². The van der Waals surface area contributed by atoms with Crippen molar-refractivity contribution in [3.63, 3.8) is 0 Å². The number of rotatable bonds is 5.